The fourth-order valence-corrected chi connectivity index (χ4v) is 1.62. The molecule has 1 rings (SSSR count). The zero-order valence-corrected chi connectivity index (χ0v) is 6.85. The third-order valence-corrected chi connectivity index (χ3v) is 2.31. The van der Waals surface area contributed by atoms with E-state index in [9.17, 15) is 4.79 Å². The summed E-state index contributed by atoms with van der Waals surface area (Å²) in [7, 11) is 0. The summed E-state index contributed by atoms with van der Waals surface area (Å²) < 4.78 is 0. The Morgan fingerprint density at radius 3 is 2.40 bits per heavy atom. The van der Waals surface area contributed by atoms with Crippen LogP contribution in [0.1, 0.15) is 27.2 Å². The number of carbonyl (C=O) groups excluding carboxylic acids is 1. The van der Waals surface area contributed by atoms with Crippen LogP contribution in [0.2, 0.25) is 0 Å². The molecule has 10 heavy (non-hydrogen) atoms. The van der Waals surface area contributed by atoms with Crippen molar-refractivity contribution in [3.8, 4) is 0 Å². The van der Waals surface area contributed by atoms with Gasteiger partial charge < -0.3 is 5.32 Å². The Morgan fingerprint density at radius 2 is 2.20 bits per heavy atom. The highest BCUT2D eigenvalue weighted by Crippen LogP contribution is 2.23. The van der Waals surface area contributed by atoms with Crippen molar-refractivity contribution < 1.29 is 4.79 Å². The van der Waals surface area contributed by atoms with Gasteiger partial charge in [-0.1, -0.05) is 13.8 Å². The Morgan fingerprint density at radius 1 is 1.60 bits per heavy atom. The van der Waals surface area contributed by atoms with Gasteiger partial charge in [-0.25, -0.2) is 0 Å². The Bertz CT molecular complexity index is 142. The first-order valence-corrected chi connectivity index (χ1v) is 3.90. The highest BCUT2D eigenvalue weighted by atomic mass is 16.1. The van der Waals surface area contributed by atoms with Crippen molar-refractivity contribution in [1.29, 1.82) is 0 Å². The van der Waals surface area contributed by atoms with Gasteiger partial charge >= 0.3 is 0 Å². The molecule has 1 fully saturated rings. The first-order chi connectivity index (χ1) is 4.61. The molecule has 2 heteroatoms. The Kier molecular flexibility index (Phi) is 1.97. The van der Waals surface area contributed by atoms with Gasteiger partial charge in [0.2, 0.25) is 5.91 Å². The summed E-state index contributed by atoms with van der Waals surface area (Å²) in [6.45, 7) is 6.42. The number of hydrogen-bond donors (Lipinski definition) is 1. The molecule has 0 spiro atoms. The Labute approximate surface area is 62.0 Å². The van der Waals surface area contributed by atoms with Crippen LogP contribution in [0.4, 0.5) is 0 Å². The van der Waals surface area contributed by atoms with E-state index in [-0.39, 0.29) is 5.91 Å². The van der Waals surface area contributed by atoms with E-state index in [1.807, 2.05) is 0 Å². The minimum Gasteiger partial charge on any atom is -0.353 e. The van der Waals surface area contributed by atoms with Gasteiger partial charge in [-0.15, -0.1) is 0 Å². The van der Waals surface area contributed by atoms with Crippen LogP contribution < -0.4 is 5.32 Å². The van der Waals surface area contributed by atoms with Gasteiger partial charge in [-0.2, -0.15) is 0 Å². The summed E-state index contributed by atoms with van der Waals surface area (Å²) in [5.74, 6) is 1.38. The molecule has 1 heterocycles. The molecule has 0 aromatic heterocycles. The van der Waals surface area contributed by atoms with Crippen LogP contribution in [0.5, 0.6) is 0 Å². The highest BCUT2D eigenvalue weighted by molar-refractivity contribution is 5.78. The Hall–Kier alpha value is -0.530. The molecule has 0 saturated carbocycles. The second kappa shape index (κ2) is 2.60. The van der Waals surface area contributed by atoms with Crippen LogP contribution in [0.3, 0.4) is 0 Å². The molecule has 0 bridgehead atoms. The number of hydrogen-bond acceptors (Lipinski definition) is 1. The lowest BCUT2D eigenvalue weighted by molar-refractivity contribution is -0.119. The number of nitrogens with one attached hydrogen (secondary N) is 1. The van der Waals surface area contributed by atoms with Crippen LogP contribution >= 0.6 is 0 Å². The molecular weight excluding hydrogens is 126 g/mol. The molecule has 0 aromatic carbocycles. The maximum absolute atomic E-state index is 10.9. The average Bonchev–Trinajstić information content (AvgIpc) is 2.10. The van der Waals surface area contributed by atoms with E-state index < -0.39 is 0 Å². The van der Waals surface area contributed by atoms with Gasteiger partial charge in [0.1, 0.15) is 0 Å². The molecular formula is C8H15NO. The van der Waals surface area contributed by atoms with Crippen molar-refractivity contribution in [2.24, 2.45) is 11.8 Å². The van der Waals surface area contributed by atoms with E-state index in [4.69, 9.17) is 0 Å². The van der Waals surface area contributed by atoms with Crippen LogP contribution in [0, 0.1) is 11.8 Å². The Balaban J connectivity index is 2.54. The SMILES string of the molecule is CC(C)C1CC(=O)NC1C. The highest BCUT2D eigenvalue weighted by Gasteiger charge is 2.30. The van der Waals surface area contributed by atoms with Gasteiger partial charge in [0, 0.05) is 12.5 Å². The fourth-order valence-electron chi connectivity index (χ4n) is 1.62. The first-order valence-electron chi connectivity index (χ1n) is 3.90. The topological polar surface area (TPSA) is 29.1 Å². The average molecular weight is 141 g/mol. The number of amides is 1. The largest absolute Gasteiger partial charge is 0.353 e. The molecule has 2 nitrogen and oxygen atoms in total. The third kappa shape index (κ3) is 1.31. The predicted molar refractivity (Wildman–Crippen MR) is 40.5 cm³/mol. The van der Waals surface area contributed by atoms with Crippen LogP contribution in [0.25, 0.3) is 0 Å². The normalized spacial score (nSPS) is 33.0. The lowest BCUT2D eigenvalue weighted by atomic mass is 9.90. The van der Waals surface area contributed by atoms with Gasteiger partial charge in [0.25, 0.3) is 0 Å². The van der Waals surface area contributed by atoms with Crippen LogP contribution in [-0.4, -0.2) is 11.9 Å². The van der Waals surface area contributed by atoms with Crippen molar-refractivity contribution in [3.05, 3.63) is 0 Å². The molecule has 2 unspecified atom stereocenters. The van der Waals surface area contributed by atoms with E-state index in [1.54, 1.807) is 0 Å². The maximum atomic E-state index is 10.9. The second-order valence-electron chi connectivity index (χ2n) is 3.47. The van der Waals surface area contributed by atoms with E-state index in [0.717, 1.165) is 6.42 Å². The third-order valence-electron chi connectivity index (χ3n) is 2.31. The molecule has 58 valence electrons. The molecule has 1 N–H and O–H groups in total. The molecule has 1 saturated heterocycles. The quantitative estimate of drug-likeness (QED) is 0.583. The second-order valence-corrected chi connectivity index (χ2v) is 3.47. The van der Waals surface area contributed by atoms with E-state index in [2.05, 4.69) is 26.1 Å². The van der Waals surface area contributed by atoms with Gasteiger partial charge in [0.05, 0.1) is 0 Å². The maximum Gasteiger partial charge on any atom is 0.220 e. The zero-order chi connectivity index (χ0) is 7.72. The minimum absolute atomic E-state index is 0.214. The lowest BCUT2D eigenvalue weighted by Crippen LogP contribution is -2.27. The van der Waals surface area contributed by atoms with Crippen molar-refractivity contribution in [1.82, 2.24) is 5.32 Å². The molecule has 1 amide bonds. The molecule has 1 aliphatic rings. The number of rotatable bonds is 1. The van der Waals surface area contributed by atoms with Crippen LogP contribution in [0.15, 0.2) is 0 Å². The van der Waals surface area contributed by atoms with Gasteiger partial charge in [0.15, 0.2) is 0 Å². The standard InChI is InChI=1S/C8H15NO/c1-5(2)7-4-8(10)9-6(7)3/h5-7H,4H2,1-3H3,(H,9,10). The van der Waals surface area contributed by atoms with E-state index in [1.165, 1.54) is 0 Å². The van der Waals surface area contributed by atoms with Gasteiger partial charge in [-0.3, -0.25) is 4.79 Å². The molecule has 2 atom stereocenters. The van der Waals surface area contributed by atoms with Crippen LogP contribution in [-0.2, 0) is 4.79 Å². The predicted octanol–water partition coefficient (Wildman–Crippen LogP) is 1.17. The van der Waals surface area contributed by atoms with Crippen molar-refractivity contribution in [3.63, 3.8) is 0 Å². The molecule has 0 aliphatic carbocycles. The van der Waals surface area contributed by atoms with E-state index >= 15 is 0 Å². The zero-order valence-electron chi connectivity index (χ0n) is 6.85. The monoisotopic (exact) mass is 141 g/mol. The molecule has 0 aromatic rings. The summed E-state index contributed by atoms with van der Waals surface area (Å²) >= 11 is 0. The summed E-state index contributed by atoms with van der Waals surface area (Å²) in [6, 6.07) is 0.382. The van der Waals surface area contributed by atoms with E-state index in [0.29, 0.717) is 17.9 Å². The fraction of sp³-hybridized carbons (Fsp3) is 0.875. The summed E-state index contributed by atoms with van der Waals surface area (Å²) in [4.78, 5) is 10.9. The van der Waals surface area contributed by atoms with Crippen molar-refractivity contribution in [2.45, 2.75) is 33.2 Å². The minimum atomic E-state index is 0.214. The number of carbonyl (C=O) groups is 1. The lowest BCUT2D eigenvalue weighted by Gasteiger charge is -2.17. The molecule has 0 radical (unpaired) electrons. The summed E-state index contributed by atoms with van der Waals surface area (Å²) in [5, 5.41) is 2.91. The summed E-state index contributed by atoms with van der Waals surface area (Å²) in [6.07, 6.45) is 0.721. The smallest absolute Gasteiger partial charge is 0.220 e. The van der Waals surface area contributed by atoms with Crippen molar-refractivity contribution >= 4 is 5.91 Å². The van der Waals surface area contributed by atoms with Gasteiger partial charge in [-0.05, 0) is 18.8 Å². The first kappa shape index (κ1) is 7.58. The van der Waals surface area contributed by atoms with Crippen molar-refractivity contribution in [2.75, 3.05) is 0 Å². The molecule has 1 aliphatic heterocycles. The summed E-state index contributed by atoms with van der Waals surface area (Å²) in [5.41, 5.74) is 0.